The molecule has 4 aromatic heterocycles. The van der Waals surface area contributed by atoms with Gasteiger partial charge in [0.15, 0.2) is 0 Å². The molecule has 0 radical (unpaired) electrons. The van der Waals surface area contributed by atoms with Gasteiger partial charge in [-0.05, 0) is 37.0 Å². The number of nitrogens with one attached hydrogen (secondary N) is 1. The maximum Gasteiger partial charge on any atom is 0.329 e. The highest BCUT2D eigenvalue weighted by Gasteiger charge is 2.29. The Balaban J connectivity index is 1.48. The van der Waals surface area contributed by atoms with E-state index in [9.17, 15) is 4.79 Å². The van der Waals surface area contributed by atoms with Gasteiger partial charge in [0.2, 0.25) is 0 Å². The molecule has 5 aromatic rings. The molecule has 1 aromatic carbocycles. The standard InChI is InChI=1S/C25H24ClN5OS/c1-15-5-2-3-8-20(15)31-22-19-9-10-27-23(19)28-12-21(22)30(25(31)32)13-18-14-33-24(29-18)16-6-4-7-17(26)11-16/h4,6-7,9-12,14-15,20H,2-3,5,8,13H2,1H3,(H,27,28)/t15-,20-/m1/s1. The molecule has 0 unspecified atom stereocenters. The zero-order valence-corrected chi connectivity index (χ0v) is 19.9. The van der Waals surface area contributed by atoms with Crippen LogP contribution >= 0.6 is 22.9 Å². The Hall–Kier alpha value is -2.90. The SMILES string of the molecule is C[C@@H]1CCCC[C@H]1n1c(=O)n(Cc2csc(-c3cccc(Cl)c3)n2)c2cnc3[nH]ccc3c21. The fourth-order valence-corrected chi connectivity index (χ4v) is 6.20. The highest BCUT2D eigenvalue weighted by molar-refractivity contribution is 7.13. The lowest BCUT2D eigenvalue weighted by atomic mass is 9.85. The van der Waals surface area contributed by atoms with E-state index in [2.05, 4.69) is 16.9 Å². The van der Waals surface area contributed by atoms with Crippen LogP contribution in [-0.4, -0.2) is 24.1 Å². The number of aromatic nitrogens is 5. The van der Waals surface area contributed by atoms with E-state index in [0.717, 1.165) is 57.6 Å². The van der Waals surface area contributed by atoms with Crippen molar-refractivity contribution in [3.05, 3.63) is 69.3 Å². The fourth-order valence-electron chi connectivity index (χ4n) is 5.20. The molecule has 1 N–H and O–H groups in total. The summed E-state index contributed by atoms with van der Waals surface area (Å²) in [6.45, 7) is 2.69. The van der Waals surface area contributed by atoms with E-state index < -0.39 is 0 Å². The van der Waals surface area contributed by atoms with Crippen molar-refractivity contribution < 1.29 is 0 Å². The summed E-state index contributed by atoms with van der Waals surface area (Å²) in [6.07, 6.45) is 8.29. The Bertz CT molecular complexity index is 1530. The topological polar surface area (TPSA) is 68.5 Å². The zero-order valence-electron chi connectivity index (χ0n) is 18.3. The largest absolute Gasteiger partial charge is 0.346 e. The molecule has 0 saturated heterocycles. The van der Waals surface area contributed by atoms with E-state index in [1.54, 1.807) is 11.3 Å². The zero-order chi connectivity index (χ0) is 22.5. The van der Waals surface area contributed by atoms with E-state index in [1.165, 1.54) is 6.42 Å². The molecule has 0 bridgehead atoms. The molecule has 2 atom stereocenters. The number of thiazole rings is 1. The number of aromatic amines is 1. The van der Waals surface area contributed by atoms with Gasteiger partial charge < -0.3 is 4.98 Å². The third kappa shape index (κ3) is 3.50. The van der Waals surface area contributed by atoms with Crippen LogP contribution in [-0.2, 0) is 6.54 Å². The maximum absolute atomic E-state index is 13.9. The molecule has 1 aliphatic carbocycles. The molecule has 6 nitrogen and oxygen atoms in total. The highest BCUT2D eigenvalue weighted by Crippen LogP contribution is 2.36. The molecule has 8 heteroatoms. The van der Waals surface area contributed by atoms with Crippen molar-refractivity contribution in [1.82, 2.24) is 24.1 Å². The highest BCUT2D eigenvalue weighted by atomic mass is 35.5. The van der Waals surface area contributed by atoms with Gasteiger partial charge in [0.1, 0.15) is 10.7 Å². The van der Waals surface area contributed by atoms with Crippen molar-refractivity contribution in [3.63, 3.8) is 0 Å². The van der Waals surface area contributed by atoms with Crippen molar-refractivity contribution >= 4 is 45.0 Å². The molecule has 6 rings (SSSR count). The van der Waals surface area contributed by atoms with Crippen LogP contribution in [0.3, 0.4) is 0 Å². The first kappa shape index (κ1) is 20.7. The van der Waals surface area contributed by atoms with Gasteiger partial charge >= 0.3 is 5.69 Å². The first-order valence-corrected chi connectivity index (χ1v) is 12.6. The first-order valence-electron chi connectivity index (χ1n) is 11.4. The lowest BCUT2D eigenvalue weighted by molar-refractivity contribution is 0.256. The second kappa shape index (κ2) is 8.15. The van der Waals surface area contributed by atoms with Crippen molar-refractivity contribution in [2.24, 2.45) is 5.92 Å². The van der Waals surface area contributed by atoms with Gasteiger partial charge in [-0.1, -0.05) is 43.5 Å². The summed E-state index contributed by atoms with van der Waals surface area (Å²) in [5.74, 6) is 0.464. The van der Waals surface area contributed by atoms with Gasteiger partial charge in [0, 0.05) is 33.6 Å². The van der Waals surface area contributed by atoms with Crippen LogP contribution in [0.4, 0.5) is 0 Å². The molecule has 0 spiro atoms. The third-order valence-electron chi connectivity index (χ3n) is 6.85. The van der Waals surface area contributed by atoms with E-state index in [0.29, 0.717) is 17.5 Å². The summed E-state index contributed by atoms with van der Waals surface area (Å²) in [4.78, 5) is 26.5. The van der Waals surface area contributed by atoms with Gasteiger partial charge in [0.25, 0.3) is 0 Å². The fraction of sp³-hybridized carbons (Fsp3) is 0.320. The minimum absolute atomic E-state index is 0.0246. The number of nitrogens with zero attached hydrogens (tertiary/aromatic N) is 4. The quantitative estimate of drug-likeness (QED) is 0.332. The summed E-state index contributed by atoms with van der Waals surface area (Å²) in [5, 5.41) is 4.61. The summed E-state index contributed by atoms with van der Waals surface area (Å²) in [5.41, 5.74) is 4.53. The van der Waals surface area contributed by atoms with Crippen LogP contribution in [0, 0.1) is 5.92 Å². The first-order chi connectivity index (χ1) is 16.1. The van der Waals surface area contributed by atoms with Gasteiger partial charge in [0.05, 0.1) is 29.5 Å². The van der Waals surface area contributed by atoms with Gasteiger partial charge in [-0.2, -0.15) is 0 Å². The molecule has 4 heterocycles. The van der Waals surface area contributed by atoms with Gasteiger partial charge in [-0.3, -0.25) is 9.13 Å². The van der Waals surface area contributed by atoms with E-state index in [4.69, 9.17) is 16.6 Å². The number of rotatable bonds is 4. The van der Waals surface area contributed by atoms with Crippen LogP contribution in [0.15, 0.2) is 52.9 Å². The van der Waals surface area contributed by atoms with Crippen molar-refractivity contribution in [2.75, 3.05) is 0 Å². The average molecular weight is 478 g/mol. The number of hydrogen-bond donors (Lipinski definition) is 1. The number of H-pyrrole nitrogens is 1. The Morgan fingerprint density at radius 1 is 1.24 bits per heavy atom. The third-order valence-corrected chi connectivity index (χ3v) is 8.02. The van der Waals surface area contributed by atoms with Crippen molar-refractivity contribution in [1.29, 1.82) is 0 Å². The minimum atomic E-state index is 0.0246. The van der Waals surface area contributed by atoms with Crippen LogP contribution in [0.25, 0.3) is 32.6 Å². The molecular weight excluding hydrogens is 454 g/mol. The Morgan fingerprint density at radius 2 is 2.12 bits per heavy atom. The minimum Gasteiger partial charge on any atom is -0.346 e. The predicted molar refractivity (Wildman–Crippen MR) is 134 cm³/mol. The molecular formula is C25H24ClN5OS. The van der Waals surface area contributed by atoms with E-state index in [1.807, 2.05) is 57.2 Å². The van der Waals surface area contributed by atoms with Crippen LogP contribution in [0.1, 0.15) is 44.3 Å². The number of pyridine rings is 1. The second-order valence-electron chi connectivity index (χ2n) is 8.95. The molecule has 1 fully saturated rings. The molecule has 33 heavy (non-hydrogen) atoms. The monoisotopic (exact) mass is 477 g/mol. The number of halogens is 1. The number of fused-ring (bicyclic) bond motifs is 3. The summed E-state index contributed by atoms with van der Waals surface area (Å²) in [6, 6.07) is 9.93. The summed E-state index contributed by atoms with van der Waals surface area (Å²) in [7, 11) is 0. The van der Waals surface area contributed by atoms with Crippen molar-refractivity contribution in [2.45, 2.75) is 45.2 Å². The average Bonchev–Trinajstić information content (AvgIpc) is 3.53. The molecule has 1 aliphatic rings. The lowest BCUT2D eigenvalue weighted by Gasteiger charge is -2.29. The number of imidazole rings is 1. The number of benzene rings is 1. The normalized spacial score (nSPS) is 19.0. The summed E-state index contributed by atoms with van der Waals surface area (Å²) >= 11 is 7.73. The van der Waals surface area contributed by atoms with E-state index in [-0.39, 0.29) is 11.7 Å². The molecule has 1 saturated carbocycles. The predicted octanol–water partition coefficient (Wildman–Crippen LogP) is 6.26. The van der Waals surface area contributed by atoms with Gasteiger partial charge in [-0.15, -0.1) is 11.3 Å². The van der Waals surface area contributed by atoms with Gasteiger partial charge in [-0.25, -0.2) is 14.8 Å². The maximum atomic E-state index is 13.9. The van der Waals surface area contributed by atoms with E-state index >= 15 is 0 Å². The Kier molecular flexibility index (Phi) is 5.11. The molecule has 0 amide bonds. The van der Waals surface area contributed by atoms with Crippen molar-refractivity contribution in [3.8, 4) is 10.6 Å². The Labute approximate surface area is 199 Å². The lowest BCUT2D eigenvalue weighted by Crippen LogP contribution is -2.32. The summed E-state index contributed by atoms with van der Waals surface area (Å²) < 4.78 is 3.88. The smallest absolute Gasteiger partial charge is 0.329 e. The van der Waals surface area contributed by atoms with Crippen LogP contribution in [0.2, 0.25) is 5.02 Å². The molecule has 168 valence electrons. The Morgan fingerprint density at radius 3 is 2.97 bits per heavy atom. The van der Waals surface area contributed by atoms with Crippen LogP contribution < -0.4 is 5.69 Å². The second-order valence-corrected chi connectivity index (χ2v) is 10.2. The van der Waals surface area contributed by atoms with Crippen LogP contribution in [0.5, 0.6) is 0 Å². The molecule has 0 aliphatic heterocycles. The number of hydrogen-bond acceptors (Lipinski definition) is 4.